The van der Waals surface area contributed by atoms with Crippen molar-refractivity contribution in [2.45, 2.75) is 264 Å². The fraction of sp³-hybridized carbons (Fsp3) is 0.581. The first-order valence-corrected chi connectivity index (χ1v) is 32.1. The van der Waals surface area contributed by atoms with Gasteiger partial charge in [-0.05, 0) is 148 Å². The van der Waals surface area contributed by atoms with Gasteiger partial charge in [-0.15, -0.1) is 0 Å². The number of carbonyl (C=O) groups is 3. The number of ether oxygens (including phenoxy) is 3. The van der Waals surface area contributed by atoms with Crippen molar-refractivity contribution in [1.82, 2.24) is 0 Å². The molecule has 0 aromatic heterocycles. The lowest BCUT2D eigenvalue weighted by Crippen LogP contribution is -2.30. The predicted molar refractivity (Wildman–Crippen MR) is 348 cm³/mol. The second kappa shape index (κ2) is 66.3. The largest absolute Gasteiger partial charge is 0.462 e. The molecule has 0 aliphatic heterocycles. The molecular weight excluding hydrogens is 985 g/mol. The Labute approximate surface area is 492 Å². The molecule has 6 heteroatoms. The third-order valence-corrected chi connectivity index (χ3v) is 12.9. The molecule has 0 aliphatic carbocycles. The molecular formula is C74H116O6. The fourth-order valence-corrected chi connectivity index (χ4v) is 8.19. The highest BCUT2D eigenvalue weighted by molar-refractivity contribution is 5.71. The van der Waals surface area contributed by atoms with Gasteiger partial charge in [-0.25, -0.2) is 0 Å². The maximum absolute atomic E-state index is 12.9. The van der Waals surface area contributed by atoms with Gasteiger partial charge in [0.1, 0.15) is 13.2 Å². The summed E-state index contributed by atoms with van der Waals surface area (Å²) in [5, 5.41) is 0. The van der Waals surface area contributed by atoms with Crippen LogP contribution in [0.25, 0.3) is 0 Å². The smallest absolute Gasteiger partial charge is 0.306 e. The Morgan fingerprint density at radius 1 is 0.263 bits per heavy atom. The lowest BCUT2D eigenvalue weighted by Gasteiger charge is -2.18. The van der Waals surface area contributed by atoms with Crippen LogP contribution in [-0.2, 0) is 28.6 Å². The Morgan fingerprint density at radius 2 is 0.487 bits per heavy atom. The summed E-state index contributed by atoms with van der Waals surface area (Å²) in [6.45, 7) is 6.30. The lowest BCUT2D eigenvalue weighted by molar-refractivity contribution is -0.167. The van der Waals surface area contributed by atoms with E-state index in [0.29, 0.717) is 19.3 Å². The molecule has 0 rings (SSSR count). The van der Waals surface area contributed by atoms with Crippen molar-refractivity contribution in [1.29, 1.82) is 0 Å². The van der Waals surface area contributed by atoms with Gasteiger partial charge in [-0.3, -0.25) is 14.4 Å². The molecule has 0 heterocycles. The van der Waals surface area contributed by atoms with Crippen molar-refractivity contribution < 1.29 is 28.6 Å². The summed E-state index contributed by atoms with van der Waals surface area (Å²) in [5.74, 6) is -0.956. The average molecular weight is 1100 g/mol. The maximum atomic E-state index is 12.9. The van der Waals surface area contributed by atoms with Gasteiger partial charge < -0.3 is 14.2 Å². The van der Waals surface area contributed by atoms with Crippen LogP contribution in [0.15, 0.2) is 170 Å². The monoisotopic (exact) mass is 1100 g/mol. The highest BCUT2D eigenvalue weighted by Gasteiger charge is 2.19. The van der Waals surface area contributed by atoms with Crippen LogP contribution in [0.5, 0.6) is 0 Å². The molecule has 0 saturated carbocycles. The lowest BCUT2D eigenvalue weighted by atomic mass is 10.1. The summed E-state index contributed by atoms with van der Waals surface area (Å²) in [6.07, 6.45) is 97.9. The summed E-state index contributed by atoms with van der Waals surface area (Å²) >= 11 is 0. The number of unbranched alkanes of at least 4 members (excludes halogenated alkanes) is 17. The van der Waals surface area contributed by atoms with Crippen molar-refractivity contribution >= 4 is 17.9 Å². The third-order valence-electron chi connectivity index (χ3n) is 12.9. The van der Waals surface area contributed by atoms with E-state index in [0.717, 1.165) is 186 Å². The molecule has 0 aromatic carbocycles. The van der Waals surface area contributed by atoms with E-state index in [4.69, 9.17) is 14.2 Å². The number of hydrogen-bond acceptors (Lipinski definition) is 6. The molecule has 0 bridgehead atoms. The second-order valence-electron chi connectivity index (χ2n) is 20.5. The van der Waals surface area contributed by atoms with Gasteiger partial charge in [-0.1, -0.05) is 262 Å². The quantitative estimate of drug-likeness (QED) is 0.0261. The number of esters is 3. The third kappa shape index (κ3) is 63.6. The molecule has 0 N–H and O–H groups in total. The molecule has 6 nitrogen and oxygen atoms in total. The first kappa shape index (κ1) is 74.8. The summed E-state index contributed by atoms with van der Waals surface area (Å²) in [6, 6.07) is 0. The zero-order valence-electron chi connectivity index (χ0n) is 51.3. The molecule has 0 saturated heterocycles. The van der Waals surface area contributed by atoms with Crippen LogP contribution in [-0.4, -0.2) is 37.2 Å². The van der Waals surface area contributed by atoms with E-state index in [2.05, 4.69) is 191 Å². The van der Waals surface area contributed by atoms with Crippen molar-refractivity contribution in [2.24, 2.45) is 0 Å². The molecule has 1 atom stereocenters. The Kier molecular flexibility index (Phi) is 61.9. The minimum atomic E-state index is -0.808. The number of rotatable bonds is 56. The summed E-state index contributed by atoms with van der Waals surface area (Å²) in [4.78, 5) is 38.2. The predicted octanol–water partition coefficient (Wildman–Crippen LogP) is 22.3. The van der Waals surface area contributed by atoms with E-state index in [1.165, 1.54) is 32.1 Å². The number of allylic oxidation sites excluding steroid dienone is 28. The van der Waals surface area contributed by atoms with Gasteiger partial charge in [0.25, 0.3) is 0 Å². The molecule has 0 amide bonds. The van der Waals surface area contributed by atoms with Crippen molar-refractivity contribution in [2.75, 3.05) is 13.2 Å². The van der Waals surface area contributed by atoms with E-state index in [9.17, 15) is 14.4 Å². The Bertz CT molecular complexity index is 1840. The molecule has 0 aliphatic rings. The molecule has 0 fully saturated rings. The van der Waals surface area contributed by atoms with Crippen LogP contribution in [0.2, 0.25) is 0 Å². The van der Waals surface area contributed by atoms with E-state index in [-0.39, 0.29) is 31.1 Å². The summed E-state index contributed by atoms with van der Waals surface area (Å²) < 4.78 is 16.9. The van der Waals surface area contributed by atoms with Gasteiger partial charge in [0, 0.05) is 19.3 Å². The zero-order valence-corrected chi connectivity index (χ0v) is 51.3. The Balaban J connectivity index is 4.38. The molecule has 0 aromatic rings. The highest BCUT2D eigenvalue weighted by atomic mass is 16.6. The van der Waals surface area contributed by atoms with Crippen molar-refractivity contribution in [3.8, 4) is 0 Å². The average Bonchev–Trinajstić information content (AvgIpc) is 3.46. The first-order valence-electron chi connectivity index (χ1n) is 32.1. The Morgan fingerprint density at radius 3 is 0.775 bits per heavy atom. The van der Waals surface area contributed by atoms with E-state index in [1.54, 1.807) is 0 Å². The zero-order chi connectivity index (χ0) is 57.8. The minimum absolute atomic E-state index is 0.103. The van der Waals surface area contributed by atoms with Crippen LogP contribution >= 0.6 is 0 Å². The van der Waals surface area contributed by atoms with Crippen LogP contribution in [0.4, 0.5) is 0 Å². The number of carbonyl (C=O) groups excluding carboxylic acids is 3. The van der Waals surface area contributed by atoms with Gasteiger partial charge in [0.15, 0.2) is 6.10 Å². The first-order chi connectivity index (χ1) is 39.5. The van der Waals surface area contributed by atoms with Gasteiger partial charge in [0.2, 0.25) is 0 Å². The standard InChI is InChI=1S/C74H116O6/c1-4-7-10-13-16-19-22-24-26-28-30-32-34-35-36-37-38-39-41-42-44-46-48-50-52-55-58-61-64-67-73(76)79-70-71(69-78-72(75)66-63-60-57-54-21-18-15-12-9-6-3)80-74(77)68-65-62-59-56-53-51-49-47-45-43-40-33-31-29-27-25-23-20-17-14-11-8-5-2/h7-8,10-12,15-17,19-20,24-27,30-33,35-36,38-39,42-45,48,50,71H,4-6,9,13-14,18,21-23,28-29,34,37,40-41,46-47,49,51-70H2,1-3H3/b10-7-,11-8-,15-12-,19-16-,20-17-,26-24-,27-25-,32-30-,33-31-,36-35-,39-38-,44-42-,45-43-,50-48-. The molecule has 0 spiro atoms. The topological polar surface area (TPSA) is 78.9 Å². The minimum Gasteiger partial charge on any atom is -0.462 e. The SMILES string of the molecule is CC/C=C\C/C=C\C/C=C\C/C=C\C/C=C\C/C=C\C/C=C\C/C=C\CCCCCCC(=O)OCC(COC(=O)CCCCCCC/C=C\CCC)OC(=O)CCCCCCCCC/C=C\C/C=C\C/C=C\C/C=C\C/C=C\CC. The van der Waals surface area contributed by atoms with Crippen molar-refractivity contribution in [3.63, 3.8) is 0 Å². The second-order valence-corrected chi connectivity index (χ2v) is 20.5. The summed E-state index contributed by atoms with van der Waals surface area (Å²) in [7, 11) is 0. The van der Waals surface area contributed by atoms with E-state index >= 15 is 0 Å². The number of hydrogen-bond donors (Lipinski definition) is 0. The van der Waals surface area contributed by atoms with Gasteiger partial charge in [0.05, 0.1) is 0 Å². The van der Waals surface area contributed by atoms with Crippen molar-refractivity contribution in [3.05, 3.63) is 170 Å². The van der Waals surface area contributed by atoms with Crippen LogP contribution < -0.4 is 0 Å². The molecule has 0 radical (unpaired) electrons. The highest BCUT2D eigenvalue weighted by Crippen LogP contribution is 2.14. The van der Waals surface area contributed by atoms with Gasteiger partial charge in [-0.2, -0.15) is 0 Å². The van der Waals surface area contributed by atoms with E-state index < -0.39 is 6.10 Å². The van der Waals surface area contributed by atoms with Crippen LogP contribution in [0.3, 0.4) is 0 Å². The maximum Gasteiger partial charge on any atom is 0.306 e. The van der Waals surface area contributed by atoms with Gasteiger partial charge >= 0.3 is 17.9 Å². The molecule has 448 valence electrons. The summed E-state index contributed by atoms with van der Waals surface area (Å²) in [5.41, 5.74) is 0. The fourth-order valence-electron chi connectivity index (χ4n) is 8.19. The van der Waals surface area contributed by atoms with E-state index in [1.807, 2.05) is 0 Å². The van der Waals surface area contributed by atoms with Crippen LogP contribution in [0, 0.1) is 0 Å². The Hall–Kier alpha value is -5.23. The molecule has 1 unspecified atom stereocenters. The van der Waals surface area contributed by atoms with Crippen LogP contribution in [0.1, 0.15) is 258 Å². The normalized spacial score (nSPS) is 13.3. The molecule has 80 heavy (non-hydrogen) atoms.